The van der Waals surface area contributed by atoms with Crippen LogP contribution >= 0.6 is 0 Å². The van der Waals surface area contributed by atoms with Gasteiger partial charge in [0, 0.05) is 0 Å². The summed E-state index contributed by atoms with van der Waals surface area (Å²) in [5.41, 5.74) is 0.463. The molecule has 2 rings (SSSR count). The van der Waals surface area contributed by atoms with Crippen LogP contribution in [0.2, 0.25) is 0 Å². The maximum atomic E-state index is 10.7. The molecule has 1 unspecified atom stereocenters. The number of ether oxygens (including phenoxy) is 1. The van der Waals surface area contributed by atoms with E-state index in [4.69, 9.17) is 0 Å². The lowest BCUT2D eigenvalue weighted by atomic mass is 10.1. The summed E-state index contributed by atoms with van der Waals surface area (Å²) in [6.07, 6.45) is 4.96. The van der Waals surface area contributed by atoms with E-state index in [1.165, 1.54) is 0 Å². The van der Waals surface area contributed by atoms with Gasteiger partial charge < -0.3 is 4.74 Å². The van der Waals surface area contributed by atoms with Crippen molar-refractivity contribution in [2.24, 2.45) is 5.92 Å². The van der Waals surface area contributed by atoms with Crippen LogP contribution in [0, 0.1) is 5.92 Å². The highest BCUT2D eigenvalue weighted by Crippen LogP contribution is 2.27. The summed E-state index contributed by atoms with van der Waals surface area (Å²) >= 11 is 0. The zero-order valence-electron chi connectivity index (χ0n) is 5.03. The normalized spacial score (nSPS) is 28.4. The van der Waals surface area contributed by atoms with Gasteiger partial charge in [-0.15, -0.1) is 0 Å². The number of fused-ring (bicyclic) bond motifs is 1. The van der Waals surface area contributed by atoms with Crippen LogP contribution in [0.15, 0.2) is 23.8 Å². The average Bonchev–Trinajstić information content (AvgIpc) is 2.39. The minimum absolute atomic E-state index is 0.410. The molecule has 0 aromatic rings. The lowest BCUT2D eigenvalue weighted by molar-refractivity contribution is -0.152. The van der Waals surface area contributed by atoms with E-state index in [0.717, 1.165) is 0 Å². The molecule has 0 saturated carbocycles. The van der Waals surface area contributed by atoms with Crippen LogP contribution in [0.5, 0.6) is 0 Å². The van der Waals surface area contributed by atoms with Crippen LogP contribution in [0.4, 0.5) is 0 Å². The first-order valence-corrected chi connectivity index (χ1v) is 2.93. The fourth-order valence-electron chi connectivity index (χ4n) is 1.09. The number of cyclic esters (lactones) is 2. The van der Waals surface area contributed by atoms with Gasteiger partial charge in [-0.3, -0.25) is 4.79 Å². The number of hydrogen-bond donors (Lipinski definition) is 0. The fraction of sp³-hybridized carbons (Fsp3) is 0.143. The van der Waals surface area contributed by atoms with Crippen molar-refractivity contribution in [1.29, 1.82) is 0 Å². The smallest absolute Gasteiger partial charge is 0.342 e. The van der Waals surface area contributed by atoms with E-state index < -0.39 is 17.9 Å². The van der Waals surface area contributed by atoms with Gasteiger partial charge in [-0.1, -0.05) is 18.2 Å². The maximum Gasteiger partial charge on any atom is 0.342 e. The highest BCUT2D eigenvalue weighted by atomic mass is 16.6. The molecule has 1 heterocycles. The van der Waals surface area contributed by atoms with Crippen molar-refractivity contribution in [1.82, 2.24) is 0 Å². The molecule has 0 aromatic carbocycles. The molecule has 1 aliphatic carbocycles. The maximum absolute atomic E-state index is 10.7. The van der Waals surface area contributed by atoms with Gasteiger partial charge in [0.1, 0.15) is 5.92 Å². The lowest BCUT2D eigenvalue weighted by Crippen LogP contribution is -2.02. The molecule has 10 heavy (non-hydrogen) atoms. The Bertz CT molecular complexity index is 273. The topological polar surface area (TPSA) is 43.4 Å². The van der Waals surface area contributed by atoms with Gasteiger partial charge in [-0.2, -0.15) is 0 Å². The quantitative estimate of drug-likeness (QED) is 0.352. The van der Waals surface area contributed by atoms with Crippen LogP contribution < -0.4 is 0 Å². The predicted molar refractivity (Wildman–Crippen MR) is 31.8 cm³/mol. The van der Waals surface area contributed by atoms with Crippen molar-refractivity contribution in [3.8, 4) is 0 Å². The van der Waals surface area contributed by atoms with Crippen LogP contribution in [0.25, 0.3) is 0 Å². The van der Waals surface area contributed by atoms with E-state index in [0.29, 0.717) is 5.57 Å². The molecule has 0 spiro atoms. The molecular formula is C7H4O3. The van der Waals surface area contributed by atoms with Crippen LogP contribution in [-0.4, -0.2) is 11.9 Å². The molecule has 50 valence electrons. The molecule has 3 heteroatoms. The predicted octanol–water partition coefficient (Wildman–Crippen LogP) is 0.182. The van der Waals surface area contributed by atoms with Crippen molar-refractivity contribution in [2.45, 2.75) is 0 Å². The third kappa shape index (κ3) is 0.492. The number of hydrogen-bond acceptors (Lipinski definition) is 3. The van der Waals surface area contributed by atoms with Crippen molar-refractivity contribution in [2.75, 3.05) is 0 Å². The summed E-state index contributed by atoms with van der Waals surface area (Å²) in [7, 11) is 0. The van der Waals surface area contributed by atoms with Gasteiger partial charge >= 0.3 is 11.9 Å². The third-order valence-electron chi connectivity index (χ3n) is 1.60. The van der Waals surface area contributed by atoms with Gasteiger partial charge in [0.05, 0.1) is 5.57 Å². The van der Waals surface area contributed by atoms with Gasteiger partial charge in [-0.25, -0.2) is 4.79 Å². The minimum Gasteiger partial charge on any atom is -0.389 e. The van der Waals surface area contributed by atoms with Crippen LogP contribution in [0.3, 0.4) is 0 Å². The van der Waals surface area contributed by atoms with E-state index in [1.807, 2.05) is 0 Å². The summed E-state index contributed by atoms with van der Waals surface area (Å²) in [6, 6.07) is 0. The molecule has 0 amide bonds. The standard InChI is InChI=1S/C7H4O3/c8-6-4-2-1-3-5(4)7(9)10-6/h1-4H. The number of allylic oxidation sites excluding steroid dienone is 2. The van der Waals surface area contributed by atoms with Gasteiger partial charge in [0.25, 0.3) is 0 Å². The molecule has 2 aliphatic rings. The van der Waals surface area contributed by atoms with E-state index in [9.17, 15) is 9.59 Å². The summed E-state index contributed by atoms with van der Waals surface area (Å²) in [5.74, 6) is -1.36. The first-order valence-electron chi connectivity index (χ1n) is 2.93. The molecule has 0 bridgehead atoms. The molecule has 3 nitrogen and oxygen atoms in total. The molecule has 1 fully saturated rings. The van der Waals surface area contributed by atoms with Crippen molar-refractivity contribution in [3.05, 3.63) is 23.8 Å². The summed E-state index contributed by atoms with van der Waals surface area (Å²) in [5, 5.41) is 0. The Morgan fingerprint density at radius 1 is 1.40 bits per heavy atom. The van der Waals surface area contributed by atoms with E-state index in [-0.39, 0.29) is 0 Å². The number of esters is 2. The second-order valence-electron chi connectivity index (χ2n) is 2.19. The van der Waals surface area contributed by atoms with Crippen molar-refractivity contribution >= 4 is 11.9 Å². The third-order valence-corrected chi connectivity index (χ3v) is 1.60. The monoisotopic (exact) mass is 136 g/mol. The second kappa shape index (κ2) is 1.56. The Labute approximate surface area is 57.0 Å². The zero-order chi connectivity index (χ0) is 7.14. The molecule has 1 saturated heterocycles. The van der Waals surface area contributed by atoms with Crippen molar-refractivity contribution in [3.63, 3.8) is 0 Å². The highest BCUT2D eigenvalue weighted by Gasteiger charge is 2.38. The van der Waals surface area contributed by atoms with E-state index in [2.05, 4.69) is 4.74 Å². The molecule has 0 aromatic heterocycles. The first-order chi connectivity index (χ1) is 4.79. The molecule has 0 radical (unpaired) electrons. The number of carbonyl (C=O) groups excluding carboxylic acids is 2. The Morgan fingerprint density at radius 3 is 2.90 bits per heavy atom. The average molecular weight is 136 g/mol. The van der Waals surface area contributed by atoms with Gasteiger partial charge in [0.15, 0.2) is 0 Å². The molecule has 1 atom stereocenters. The Morgan fingerprint density at radius 2 is 2.20 bits per heavy atom. The minimum atomic E-state index is -0.500. The number of carbonyl (C=O) groups is 2. The highest BCUT2D eigenvalue weighted by molar-refractivity contribution is 6.09. The van der Waals surface area contributed by atoms with Crippen molar-refractivity contribution < 1.29 is 14.3 Å². The van der Waals surface area contributed by atoms with Crippen LogP contribution in [0.1, 0.15) is 0 Å². The number of rotatable bonds is 0. The Hall–Kier alpha value is -1.38. The first kappa shape index (κ1) is 5.41. The second-order valence-corrected chi connectivity index (χ2v) is 2.19. The summed E-state index contributed by atoms with van der Waals surface area (Å²) in [4.78, 5) is 21.4. The molecule has 0 N–H and O–H groups in total. The van der Waals surface area contributed by atoms with Gasteiger partial charge in [-0.05, 0) is 0 Å². The Kier molecular flexibility index (Phi) is 0.845. The van der Waals surface area contributed by atoms with Crippen LogP contribution in [-0.2, 0) is 14.3 Å². The molecule has 1 aliphatic heterocycles. The summed E-state index contributed by atoms with van der Waals surface area (Å²) in [6.45, 7) is 0. The summed E-state index contributed by atoms with van der Waals surface area (Å²) < 4.78 is 4.33. The fourth-order valence-corrected chi connectivity index (χ4v) is 1.09. The van der Waals surface area contributed by atoms with Gasteiger partial charge in [0.2, 0.25) is 0 Å². The lowest BCUT2D eigenvalue weighted by Gasteiger charge is -1.88. The zero-order valence-corrected chi connectivity index (χ0v) is 5.03. The van der Waals surface area contributed by atoms with E-state index >= 15 is 0 Å². The van der Waals surface area contributed by atoms with E-state index in [1.54, 1.807) is 18.2 Å². The Balaban J connectivity index is 2.47. The molecular weight excluding hydrogens is 132 g/mol. The largest absolute Gasteiger partial charge is 0.389 e. The SMILES string of the molecule is O=C1OC(=O)C2C=CC=C12.